The maximum Gasteiger partial charge on any atom is 0.244 e. The SMILES string of the molecule is CC1CN(C(CNC(=O)/C=C/c2ccncc2)c2c(F)cccc2Cl)CCO1. The van der Waals surface area contributed by atoms with Crippen LogP contribution < -0.4 is 5.32 Å². The molecule has 1 aliphatic heterocycles. The number of amides is 1. The van der Waals surface area contributed by atoms with E-state index in [4.69, 9.17) is 16.3 Å². The molecule has 1 aliphatic rings. The lowest BCUT2D eigenvalue weighted by atomic mass is 10.0. The number of hydrogen-bond donors (Lipinski definition) is 1. The molecular formula is C21H23ClFN3O2. The number of nitrogens with zero attached hydrogens (tertiary/aromatic N) is 2. The van der Waals surface area contributed by atoms with Crippen molar-refractivity contribution in [2.45, 2.75) is 19.1 Å². The number of ether oxygens (including phenoxy) is 1. The van der Waals surface area contributed by atoms with Crippen LogP contribution in [0.1, 0.15) is 24.1 Å². The van der Waals surface area contributed by atoms with Gasteiger partial charge in [0.05, 0.1) is 18.8 Å². The summed E-state index contributed by atoms with van der Waals surface area (Å²) in [6.45, 7) is 4.05. The number of carbonyl (C=O) groups excluding carboxylic acids is 1. The highest BCUT2D eigenvalue weighted by molar-refractivity contribution is 6.31. The summed E-state index contributed by atoms with van der Waals surface area (Å²) < 4.78 is 20.2. The molecule has 0 saturated carbocycles. The van der Waals surface area contributed by atoms with Gasteiger partial charge >= 0.3 is 0 Å². The van der Waals surface area contributed by atoms with Crippen molar-refractivity contribution in [2.24, 2.45) is 0 Å². The van der Waals surface area contributed by atoms with Crippen LogP contribution in [0.3, 0.4) is 0 Å². The zero-order valence-corrected chi connectivity index (χ0v) is 16.4. The summed E-state index contributed by atoms with van der Waals surface area (Å²) >= 11 is 6.31. The van der Waals surface area contributed by atoms with E-state index in [-0.39, 0.29) is 30.4 Å². The van der Waals surface area contributed by atoms with Crippen LogP contribution in [-0.4, -0.2) is 48.1 Å². The molecule has 2 aromatic rings. The molecule has 1 N–H and O–H groups in total. The molecule has 0 aliphatic carbocycles. The highest BCUT2D eigenvalue weighted by atomic mass is 35.5. The summed E-state index contributed by atoms with van der Waals surface area (Å²) in [4.78, 5) is 18.3. The van der Waals surface area contributed by atoms with E-state index < -0.39 is 0 Å². The van der Waals surface area contributed by atoms with Crippen LogP contribution in [0.4, 0.5) is 4.39 Å². The van der Waals surface area contributed by atoms with E-state index in [1.54, 1.807) is 42.7 Å². The first-order chi connectivity index (χ1) is 13.5. The minimum absolute atomic E-state index is 0.0316. The summed E-state index contributed by atoms with van der Waals surface area (Å²) in [6.07, 6.45) is 6.51. The molecule has 0 radical (unpaired) electrons. The van der Waals surface area contributed by atoms with Crippen molar-refractivity contribution >= 4 is 23.6 Å². The number of hydrogen-bond acceptors (Lipinski definition) is 4. The third-order valence-electron chi connectivity index (χ3n) is 4.65. The standard InChI is InChI=1S/C21H23ClFN3O2/c1-15-14-26(11-12-28-15)19(21-17(22)3-2-4-18(21)23)13-25-20(27)6-5-16-7-9-24-10-8-16/h2-10,15,19H,11-14H2,1H3,(H,25,27)/b6-5+. The number of benzene rings is 1. The Bertz CT molecular complexity index is 811. The predicted molar refractivity (Wildman–Crippen MR) is 107 cm³/mol. The molecule has 1 saturated heterocycles. The quantitative estimate of drug-likeness (QED) is 0.750. The number of aromatic nitrogens is 1. The average Bonchev–Trinajstić information content (AvgIpc) is 2.69. The molecule has 0 spiro atoms. The molecule has 1 amide bonds. The van der Waals surface area contributed by atoms with Gasteiger partial charge in [0.25, 0.3) is 0 Å². The van der Waals surface area contributed by atoms with Gasteiger partial charge in [0.2, 0.25) is 5.91 Å². The van der Waals surface area contributed by atoms with Crippen LogP contribution in [0, 0.1) is 5.82 Å². The summed E-state index contributed by atoms with van der Waals surface area (Å²) in [5.74, 6) is -0.631. The van der Waals surface area contributed by atoms with Crippen molar-refractivity contribution in [1.29, 1.82) is 0 Å². The smallest absolute Gasteiger partial charge is 0.244 e. The third kappa shape index (κ3) is 5.38. The van der Waals surface area contributed by atoms with Gasteiger partial charge in [0.1, 0.15) is 5.82 Å². The summed E-state index contributed by atoms with van der Waals surface area (Å²) in [5.41, 5.74) is 1.28. The fourth-order valence-electron chi connectivity index (χ4n) is 3.27. The highest BCUT2D eigenvalue weighted by Gasteiger charge is 2.29. The van der Waals surface area contributed by atoms with Crippen molar-refractivity contribution in [1.82, 2.24) is 15.2 Å². The van der Waals surface area contributed by atoms with Crippen molar-refractivity contribution in [2.75, 3.05) is 26.2 Å². The van der Waals surface area contributed by atoms with Gasteiger partial charge in [0, 0.05) is 48.7 Å². The lowest BCUT2D eigenvalue weighted by molar-refractivity contribution is -0.116. The zero-order chi connectivity index (χ0) is 19.9. The Morgan fingerprint density at radius 2 is 2.21 bits per heavy atom. The van der Waals surface area contributed by atoms with Crippen molar-refractivity contribution in [3.63, 3.8) is 0 Å². The first-order valence-electron chi connectivity index (χ1n) is 9.20. The topological polar surface area (TPSA) is 54.5 Å². The van der Waals surface area contributed by atoms with E-state index in [1.807, 2.05) is 6.92 Å². The van der Waals surface area contributed by atoms with E-state index >= 15 is 0 Å². The van der Waals surface area contributed by atoms with Crippen LogP contribution in [0.15, 0.2) is 48.8 Å². The van der Waals surface area contributed by atoms with E-state index in [2.05, 4.69) is 15.2 Å². The Morgan fingerprint density at radius 1 is 1.43 bits per heavy atom. The lowest BCUT2D eigenvalue weighted by Gasteiger charge is -2.38. The second-order valence-electron chi connectivity index (χ2n) is 6.69. The van der Waals surface area contributed by atoms with Gasteiger partial charge in [-0.15, -0.1) is 0 Å². The summed E-state index contributed by atoms with van der Waals surface area (Å²) in [5, 5.41) is 3.22. The highest BCUT2D eigenvalue weighted by Crippen LogP contribution is 2.31. The fourth-order valence-corrected chi connectivity index (χ4v) is 3.56. The van der Waals surface area contributed by atoms with Crippen LogP contribution in [0.25, 0.3) is 6.08 Å². The molecule has 148 valence electrons. The Labute approximate surface area is 169 Å². The molecule has 2 atom stereocenters. The minimum Gasteiger partial charge on any atom is -0.376 e. The first-order valence-corrected chi connectivity index (χ1v) is 9.58. The van der Waals surface area contributed by atoms with Crippen molar-refractivity contribution in [3.8, 4) is 0 Å². The van der Waals surface area contributed by atoms with E-state index in [9.17, 15) is 9.18 Å². The Morgan fingerprint density at radius 3 is 2.93 bits per heavy atom. The van der Waals surface area contributed by atoms with Gasteiger partial charge < -0.3 is 10.1 Å². The summed E-state index contributed by atoms with van der Waals surface area (Å²) in [6, 6.07) is 7.88. The van der Waals surface area contributed by atoms with Gasteiger partial charge in [-0.3, -0.25) is 14.7 Å². The molecular weight excluding hydrogens is 381 g/mol. The number of morpholine rings is 1. The Balaban J connectivity index is 1.74. The second-order valence-corrected chi connectivity index (χ2v) is 7.09. The maximum atomic E-state index is 14.6. The molecule has 0 bridgehead atoms. The minimum atomic E-state index is -0.377. The Hall–Kier alpha value is -2.28. The lowest BCUT2D eigenvalue weighted by Crippen LogP contribution is -2.46. The van der Waals surface area contributed by atoms with Crippen LogP contribution in [0.2, 0.25) is 5.02 Å². The number of rotatable bonds is 6. The molecule has 28 heavy (non-hydrogen) atoms. The number of carbonyl (C=O) groups is 1. The number of halogens is 2. The molecule has 5 nitrogen and oxygen atoms in total. The van der Waals surface area contributed by atoms with E-state index in [1.165, 1.54) is 12.1 Å². The van der Waals surface area contributed by atoms with Gasteiger partial charge in [-0.05, 0) is 42.8 Å². The predicted octanol–water partition coefficient (Wildman–Crippen LogP) is 3.47. The second kappa shape index (κ2) is 9.78. The van der Waals surface area contributed by atoms with Crippen molar-refractivity contribution in [3.05, 3.63) is 70.8 Å². The van der Waals surface area contributed by atoms with Crippen LogP contribution in [-0.2, 0) is 9.53 Å². The maximum absolute atomic E-state index is 14.6. The summed E-state index contributed by atoms with van der Waals surface area (Å²) in [7, 11) is 0. The van der Waals surface area contributed by atoms with Crippen molar-refractivity contribution < 1.29 is 13.9 Å². The molecule has 2 unspecified atom stereocenters. The van der Waals surface area contributed by atoms with Gasteiger partial charge in [-0.25, -0.2) is 4.39 Å². The van der Waals surface area contributed by atoms with E-state index in [0.29, 0.717) is 30.3 Å². The number of pyridine rings is 1. The molecule has 3 rings (SSSR count). The van der Waals surface area contributed by atoms with Gasteiger partial charge in [-0.1, -0.05) is 17.7 Å². The third-order valence-corrected chi connectivity index (χ3v) is 4.98. The molecule has 2 heterocycles. The Kier molecular flexibility index (Phi) is 7.14. The molecule has 1 fully saturated rings. The molecule has 1 aromatic heterocycles. The normalized spacial score (nSPS) is 18.9. The van der Waals surface area contributed by atoms with Crippen LogP contribution in [0.5, 0.6) is 0 Å². The monoisotopic (exact) mass is 403 g/mol. The van der Waals surface area contributed by atoms with E-state index in [0.717, 1.165) is 5.56 Å². The molecule has 7 heteroatoms. The largest absolute Gasteiger partial charge is 0.376 e. The van der Waals surface area contributed by atoms with Gasteiger partial charge in [0.15, 0.2) is 0 Å². The van der Waals surface area contributed by atoms with Gasteiger partial charge in [-0.2, -0.15) is 0 Å². The van der Waals surface area contributed by atoms with Crippen LogP contribution >= 0.6 is 11.6 Å². The molecule has 1 aromatic carbocycles. The number of nitrogens with one attached hydrogen (secondary N) is 1. The fraction of sp³-hybridized carbons (Fsp3) is 0.333. The first kappa shape index (κ1) is 20.5. The average molecular weight is 404 g/mol. The zero-order valence-electron chi connectivity index (χ0n) is 15.6.